The van der Waals surface area contributed by atoms with E-state index in [1.54, 1.807) is 0 Å². The molecule has 0 spiro atoms. The third-order valence-electron chi connectivity index (χ3n) is 2.89. The first-order valence-electron chi connectivity index (χ1n) is 5.94. The first kappa shape index (κ1) is 17.8. The molecule has 0 heterocycles. The van der Waals surface area contributed by atoms with Gasteiger partial charge in [0.2, 0.25) is 0 Å². The van der Waals surface area contributed by atoms with E-state index in [1.165, 1.54) is 12.1 Å². The molecule has 0 aliphatic rings. The van der Waals surface area contributed by atoms with Crippen molar-refractivity contribution in [1.82, 2.24) is 0 Å². The summed E-state index contributed by atoms with van der Waals surface area (Å²) in [6.45, 7) is -2.78. The molecule has 2 aromatic rings. The van der Waals surface area contributed by atoms with E-state index in [0.717, 1.165) is 23.3 Å². The third kappa shape index (κ3) is 4.93. The van der Waals surface area contributed by atoms with Gasteiger partial charge in [0.15, 0.2) is 0 Å². The maximum Gasteiger partial charge on any atom is 1.00 e. The number of ether oxygens (including phenoxy) is 1. The van der Waals surface area contributed by atoms with Crippen molar-refractivity contribution in [1.29, 1.82) is 0 Å². The van der Waals surface area contributed by atoms with E-state index in [9.17, 15) is 12.9 Å². The number of hydrogen-bond acceptors (Lipinski definition) is 1. The van der Waals surface area contributed by atoms with Crippen molar-refractivity contribution < 1.29 is 69.1 Å². The summed E-state index contributed by atoms with van der Waals surface area (Å²) in [5.74, 6) is 0.236. The molecule has 0 bridgehead atoms. The van der Waals surface area contributed by atoms with Gasteiger partial charge < -0.3 is 17.7 Å². The molecule has 0 atom stereocenters. The first-order valence-corrected chi connectivity index (χ1v) is 5.94. The van der Waals surface area contributed by atoms with Crippen LogP contribution in [0.1, 0.15) is 11.1 Å². The molecular weight excluding hydrogens is 291 g/mol. The number of halogens is 3. The number of rotatable bonds is 4. The Hall–Kier alpha value is -0.269. The summed E-state index contributed by atoms with van der Waals surface area (Å²) in [4.78, 5) is 0. The zero-order valence-corrected chi connectivity index (χ0v) is 14.6. The van der Waals surface area contributed by atoms with Gasteiger partial charge in [-0.1, -0.05) is 36.4 Å². The van der Waals surface area contributed by atoms with Gasteiger partial charge in [0, 0.05) is 0 Å². The monoisotopic (exact) mass is 304 g/mol. The van der Waals surface area contributed by atoms with E-state index in [0.29, 0.717) is 0 Å². The van der Waals surface area contributed by atoms with Crippen molar-refractivity contribution in [2.45, 2.75) is 13.5 Å². The van der Waals surface area contributed by atoms with Crippen molar-refractivity contribution in [2.75, 3.05) is 0 Å². The molecule has 2 rings (SSSR count). The maximum atomic E-state index is 12.6. The van der Waals surface area contributed by atoms with Crippen LogP contribution in [0.4, 0.5) is 12.9 Å². The zero-order chi connectivity index (χ0) is 13.9. The Bertz CT molecular complexity index is 572. The van der Waals surface area contributed by atoms with Crippen LogP contribution in [-0.2, 0) is 6.61 Å². The van der Waals surface area contributed by atoms with E-state index in [2.05, 4.69) is 0 Å². The van der Waals surface area contributed by atoms with Crippen LogP contribution < -0.4 is 61.6 Å². The molecule has 0 aliphatic heterocycles. The van der Waals surface area contributed by atoms with Crippen LogP contribution in [0.3, 0.4) is 0 Å². The van der Waals surface area contributed by atoms with Crippen LogP contribution in [0.15, 0.2) is 48.5 Å². The molecule has 100 valence electrons. The fourth-order valence-electron chi connectivity index (χ4n) is 1.74. The summed E-state index contributed by atoms with van der Waals surface area (Å²) in [5.41, 5.74) is 1.38. The van der Waals surface area contributed by atoms with Crippen molar-refractivity contribution in [3.05, 3.63) is 59.7 Å². The first-order chi connectivity index (χ1) is 8.97. The normalized spacial score (nSPS) is 10.8. The second-order valence-corrected chi connectivity index (χ2v) is 4.36. The molecular formula is C14H13BF3KO. The van der Waals surface area contributed by atoms with E-state index < -0.39 is 12.4 Å². The van der Waals surface area contributed by atoms with Crippen LogP contribution in [0, 0.1) is 6.92 Å². The standard InChI is InChI=1S/C14H13BF3O.K/c1-11-5-2-3-6-12(11)10-19-14-8-4-7-13(9-14)15(16,17)18;/h2-9H,10H2,1H3;/q-1;+1. The third-order valence-corrected chi connectivity index (χ3v) is 2.89. The van der Waals surface area contributed by atoms with Gasteiger partial charge in [-0.25, -0.2) is 0 Å². The molecule has 0 fully saturated rings. The predicted octanol–water partition coefficient (Wildman–Crippen LogP) is 0.632. The minimum atomic E-state index is -4.98. The molecule has 2 aromatic carbocycles. The molecule has 0 aromatic heterocycles. The molecule has 6 heteroatoms. The van der Waals surface area contributed by atoms with E-state index in [4.69, 9.17) is 4.74 Å². The van der Waals surface area contributed by atoms with Gasteiger partial charge in [0.05, 0.1) is 0 Å². The maximum absolute atomic E-state index is 12.6. The molecule has 20 heavy (non-hydrogen) atoms. The van der Waals surface area contributed by atoms with E-state index in [-0.39, 0.29) is 63.7 Å². The van der Waals surface area contributed by atoms with E-state index >= 15 is 0 Å². The van der Waals surface area contributed by atoms with Crippen LogP contribution in [0.2, 0.25) is 0 Å². The number of hydrogen-bond donors (Lipinski definition) is 0. The fraction of sp³-hybridized carbons (Fsp3) is 0.143. The number of aryl methyl sites for hydroxylation is 1. The largest absolute Gasteiger partial charge is 1.00 e. The molecule has 1 nitrogen and oxygen atoms in total. The summed E-state index contributed by atoms with van der Waals surface area (Å²) < 4.78 is 43.2. The van der Waals surface area contributed by atoms with Crippen molar-refractivity contribution in [2.24, 2.45) is 0 Å². The Morgan fingerprint density at radius 2 is 1.70 bits per heavy atom. The summed E-state index contributed by atoms with van der Waals surface area (Å²) in [6.07, 6.45) is 0. The summed E-state index contributed by atoms with van der Waals surface area (Å²) in [6, 6.07) is 12.6. The molecule has 0 radical (unpaired) electrons. The Labute approximate surface area is 159 Å². The van der Waals surface area contributed by atoms with Crippen LogP contribution in [0.25, 0.3) is 0 Å². The van der Waals surface area contributed by atoms with Gasteiger partial charge in [-0.05, 0) is 30.2 Å². The van der Waals surface area contributed by atoms with Crippen molar-refractivity contribution >= 4 is 12.4 Å². The van der Waals surface area contributed by atoms with Crippen LogP contribution in [0.5, 0.6) is 5.75 Å². The van der Waals surface area contributed by atoms with Gasteiger partial charge >= 0.3 is 58.4 Å². The zero-order valence-electron chi connectivity index (χ0n) is 11.4. The summed E-state index contributed by atoms with van der Waals surface area (Å²) in [5, 5.41) is 0. The van der Waals surface area contributed by atoms with Crippen LogP contribution in [-0.4, -0.2) is 6.98 Å². The Morgan fingerprint density at radius 3 is 2.35 bits per heavy atom. The van der Waals surface area contributed by atoms with Gasteiger partial charge in [-0.15, -0.1) is 5.46 Å². The Morgan fingerprint density at radius 1 is 1.00 bits per heavy atom. The molecule has 0 N–H and O–H groups in total. The van der Waals surface area contributed by atoms with Crippen LogP contribution >= 0.6 is 0 Å². The Kier molecular flexibility index (Phi) is 6.81. The van der Waals surface area contributed by atoms with Gasteiger partial charge in [-0.2, -0.15) is 0 Å². The number of benzene rings is 2. The summed E-state index contributed by atoms with van der Waals surface area (Å²) in [7, 11) is 0. The minimum Gasteiger partial charge on any atom is -0.489 e. The summed E-state index contributed by atoms with van der Waals surface area (Å²) >= 11 is 0. The Balaban J connectivity index is 0.00000200. The smallest absolute Gasteiger partial charge is 0.489 e. The molecule has 0 amide bonds. The second-order valence-electron chi connectivity index (χ2n) is 4.36. The van der Waals surface area contributed by atoms with E-state index in [1.807, 2.05) is 31.2 Å². The average Bonchev–Trinajstić information content (AvgIpc) is 2.37. The SMILES string of the molecule is Cc1ccccc1COc1cccc([B-](F)(F)F)c1.[K+]. The predicted molar refractivity (Wildman–Crippen MR) is 70.7 cm³/mol. The average molecular weight is 304 g/mol. The fourth-order valence-corrected chi connectivity index (χ4v) is 1.74. The molecule has 0 unspecified atom stereocenters. The minimum absolute atomic E-state index is 0. The quantitative estimate of drug-likeness (QED) is 0.753. The topological polar surface area (TPSA) is 9.23 Å². The second kappa shape index (κ2) is 7.66. The van der Waals surface area contributed by atoms with Crippen molar-refractivity contribution in [3.63, 3.8) is 0 Å². The van der Waals surface area contributed by atoms with Gasteiger partial charge in [-0.3, -0.25) is 0 Å². The molecule has 0 saturated heterocycles. The van der Waals surface area contributed by atoms with Crippen molar-refractivity contribution in [3.8, 4) is 5.75 Å². The molecule has 0 saturated carbocycles. The molecule has 0 aliphatic carbocycles. The van der Waals surface area contributed by atoms with Gasteiger partial charge in [0.1, 0.15) is 12.4 Å². The van der Waals surface area contributed by atoms with Gasteiger partial charge in [0.25, 0.3) is 0 Å².